The highest BCUT2D eigenvalue weighted by Gasteiger charge is 2.44. The van der Waals surface area contributed by atoms with Crippen LogP contribution in [0.1, 0.15) is 27.2 Å². The molecule has 0 saturated carbocycles. The second kappa shape index (κ2) is 8.91. The van der Waals surface area contributed by atoms with Crippen molar-refractivity contribution in [2.45, 2.75) is 64.0 Å². The lowest BCUT2D eigenvalue weighted by Gasteiger charge is -2.40. The third-order valence-electron chi connectivity index (χ3n) is 5.21. The van der Waals surface area contributed by atoms with Gasteiger partial charge in [-0.05, 0) is 18.4 Å². The zero-order valence-electron chi connectivity index (χ0n) is 15.9. The molecule has 0 amide bonds. The van der Waals surface area contributed by atoms with E-state index in [0.717, 1.165) is 5.57 Å². The van der Waals surface area contributed by atoms with Crippen LogP contribution in [0.25, 0.3) is 0 Å². The molecule has 1 fully saturated rings. The number of allylic oxidation sites excluding steroid dienone is 3. The molecule has 1 saturated heterocycles. The molecule has 2 aliphatic rings. The van der Waals surface area contributed by atoms with Crippen LogP contribution in [0.4, 0.5) is 0 Å². The van der Waals surface area contributed by atoms with Gasteiger partial charge in [0.05, 0.1) is 13.2 Å². The molecule has 0 aromatic carbocycles. The summed E-state index contributed by atoms with van der Waals surface area (Å²) in [6.45, 7) is 4.89. The van der Waals surface area contributed by atoms with Gasteiger partial charge in [0, 0.05) is 12.3 Å². The minimum Gasteiger partial charge on any atom is -0.394 e. The zero-order valence-corrected chi connectivity index (χ0v) is 15.9. The molecule has 0 aromatic heterocycles. The van der Waals surface area contributed by atoms with Crippen LogP contribution < -0.4 is 0 Å². The number of carbonyl (C=O) groups is 1. The molecule has 5 N–H and O–H groups in total. The van der Waals surface area contributed by atoms with E-state index in [-0.39, 0.29) is 17.1 Å². The summed E-state index contributed by atoms with van der Waals surface area (Å²) in [5.41, 5.74) is 0.632. The minimum absolute atomic E-state index is 0.0253. The number of rotatable bonds is 6. The van der Waals surface area contributed by atoms with E-state index in [1.54, 1.807) is 12.2 Å². The summed E-state index contributed by atoms with van der Waals surface area (Å²) in [4.78, 5) is 11.8. The number of hydrogen-bond donors (Lipinski definition) is 5. The first kappa shape index (κ1) is 22.2. The van der Waals surface area contributed by atoms with Crippen molar-refractivity contribution in [3.05, 3.63) is 23.8 Å². The first-order valence-corrected chi connectivity index (χ1v) is 9.07. The van der Waals surface area contributed by atoms with E-state index in [0.29, 0.717) is 6.42 Å². The topological polar surface area (TPSA) is 137 Å². The number of ketones is 1. The van der Waals surface area contributed by atoms with Crippen LogP contribution in [0.5, 0.6) is 0 Å². The maximum atomic E-state index is 11.8. The van der Waals surface area contributed by atoms with E-state index in [1.807, 2.05) is 26.8 Å². The number of aliphatic hydroxyl groups excluding tert-OH is 5. The van der Waals surface area contributed by atoms with E-state index in [2.05, 4.69) is 0 Å². The van der Waals surface area contributed by atoms with Crippen molar-refractivity contribution in [2.24, 2.45) is 11.3 Å². The highest BCUT2D eigenvalue weighted by atomic mass is 16.7. The predicted molar refractivity (Wildman–Crippen MR) is 95.5 cm³/mol. The fraction of sp³-hybridized carbons (Fsp3) is 0.737. The average molecular weight is 386 g/mol. The number of hydrogen-bond acceptors (Lipinski definition) is 8. The summed E-state index contributed by atoms with van der Waals surface area (Å²) in [6, 6.07) is 0. The lowest BCUT2D eigenvalue weighted by atomic mass is 9.68. The van der Waals surface area contributed by atoms with Crippen LogP contribution in [-0.4, -0.2) is 81.3 Å². The molecule has 0 spiro atoms. The molecule has 7 atom stereocenters. The monoisotopic (exact) mass is 386 g/mol. The van der Waals surface area contributed by atoms with Gasteiger partial charge in [-0.2, -0.15) is 0 Å². The molecule has 8 heteroatoms. The number of ether oxygens (including phenoxy) is 2. The number of carbonyl (C=O) groups excluding carboxylic acids is 1. The van der Waals surface area contributed by atoms with Crippen LogP contribution in [0, 0.1) is 11.3 Å². The van der Waals surface area contributed by atoms with Gasteiger partial charge in [-0.15, -0.1) is 0 Å². The van der Waals surface area contributed by atoms with Gasteiger partial charge in [-0.3, -0.25) is 4.79 Å². The number of aliphatic hydroxyl groups is 5. The predicted octanol–water partition coefficient (Wildman–Crippen LogP) is -0.718. The fourth-order valence-electron chi connectivity index (χ4n) is 3.72. The molecular formula is C19H30O8. The van der Waals surface area contributed by atoms with Crippen molar-refractivity contribution in [2.75, 3.05) is 13.2 Å². The largest absolute Gasteiger partial charge is 0.394 e. The Balaban J connectivity index is 2.10. The molecule has 8 nitrogen and oxygen atoms in total. The Hall–Kier alpha value is -1.13. The SMILES string of the molecule is CC1=CC(=O)CC(C)(C)[C@@H]1/C=C/C(CO)O[C@H]1O[C@@H](CO)[C@H](O)[C@@H](O)[C@@H]1O. The van der Waals surface area contributed by atoms with Crippen molar-refractivity contribution in [1.29, 1.82) is 0 Å². The Morgan fingerprint density at radius 3 is 2.48 bits per heavy atom. The van der Waals surface area contributed by atoms with E-state index < -0.39 is 50.0 Å². The molecular weight excluding hydrogens is 356 g/mol. The summed E-state index contributed by atoms with van der Waals surface area (Å²) in [5, 5.41) is 48.5. The fourth-order valence-corrected chi connectivity index (χ4v) is 3.72. The third kappa shape index (κ3) is 5.03. The molecule has 1 unspecified atom stereocenters. The smallest absolute Gasteiger partial charge is 0.187 e. The molecule has 1 heterocycles. The molecule has 27 heavy (non-hydrogen) atoms. The first-order valence-electron chi connectivity index (χ1n) is 9.07. The second-order valence-corrected chi connectivity index (χ2v) is 7.94. The molecule has 0 bridgehead atoms. The highest BCUT2D eigenvalue weighted by Crippen LogP contribution is 2.40. The Morgan fingerprint density at radius 2 is 1.93 bits per heavy atom. The van der Waals surface area contributed by atoms with Crippen LogP contribution in [0.15, 0.2) is 23.8 Å². The minimum atomic E-state index is -1.54. The van der Waals surface area contributed by atoms with Crippen LogP contribution >= 0.6 is 0 Å². The normalized spacial score (nSPS) is 38.1. The van der Waals surface area contributed by atoms with E-state index in [9.17, 15) is 30.3 Å². The second-order valence-electron chi connectivity index (χ2n) is 7.94. The quantitative estimate of drug-likeness (QED) is 0.377. The lowest BCUT2D eigenvalue weighted by molar-refractivity contribution is -0.309. The summed E-state index contributed by atoms with van der Waals surface area (Å²) in [6.07, 6.45) is -2.28. The Morgan fingerprint density at radius 1 is 1.26 bits per heavy atom. The molecule has 154 valence electrons. The lowest BCUT2D eigenvalue weighted by Crippen LogP contribution is -2.59. The van der Waals surface area contributed by atoms with E-state index in [4.69, 9.17) is 9.47 Å². The van der Waals surface area contributed by atoms with Gasteiger partial charge in [-0.25, -0.2) is 0 Å². The van der Waals surface area contributed by atoms with Gasteiger partial charge >= 0.3 is 0 Å². The van der Waals surface area contributed by atoms with Gasteiger partial charge in [0.1, 0.15) is 30.5 Å². The average Bonchev–Trinajstić information content (AvgIpc) is 2.59. The zero-order chi connectivity index (χ0) is 20.4. The van der Waals surface area contributed by atoms with Crippen LogP contribution in [-0.2, 0) is 14.3 Å². The van der Waals surface area contributed by atoms with Crippen LogP contribution in [0.3, 0.4) is 0 Å². The summed E-state index contributed by atoms with van der Waals surface area (Å²) < 4.78 is 10.8. The first-order chi connectivity index (χ1) is 12.6. The van der Waals surface area contributed by atoms with E-state index >= 15 is 0 Å². The Kier molecular flexibility index (Phi) is 7.32. The highest BCUT2D eigenvalue weighted by molar-refractivity contribution is 5.92. The van der Waals surface area contributed by atoms with Crippen molar-refractivity contribution in [1.82, 2.24) is 0 Å². The Bertz CT molecular complexity index is 582. The molecule has 1 aliphatic carbocycles. The standard InChI is InChI=1S/C19H30O8/c1-10-6-11(22)7-19(2,3)13(10)5-4-12(8-20)26-18-17(25)16(24)15(23)14(9-21)27-18/h4-6,12-18,20-21,23-25H,7-9H2,1-3H3/b5-4+/t12?,13-,14+,15+,16-,17+,18+/m1/s1. The van der Waals surface area contributed by atoms with Gasteiger partial charge in [0.15, 0.2) is 12.1 Å². The van der Waals surface area contributed by atoms with Gasteiger partial charge in [0.2, 0.25) is 0 Å². The molecule has 0 radical (unpaired) electrons. The maximum Gasteiger partial charge on any atom is 0.187 e. The molecule has 1 aliphatic heterocycles. The summed E-state index contributed by atoms with van der Waals surface area (Å²) in [7, 11) is 0. The van der Waals surface area contributed by atoms with Crippen molar-refractivity contribution >= 4 is 5.78 Å². The molecule has 0 aromatic rings. The summed E-state index contributed by atoms with van der Waals surface area (Å²) >= 11 is 0. The van der Waals surface area contributed by atoms with E-state index in [1.165, 1.54) is 0 Å². The Labute approximate surface area is 158 Å². The van der Waals surface area contributed by atoms with Gasteiger partial charge < -0.3 is 35.0 Å². The summed E-state index contributed by atoms with van der Waals surface area (Å²) in [5.74, 6) is 0.0566. The van der Waals surface area contributed by atoms with Gasteiger partial charge in [0.25, 0.3) is 0 Å². The van der Waals surface area contributed by atoms with Crippen LogP contribution in [0.2, 0.25) is 0 Å². The van der Waals surface area contributed by atoms with Crippen molar-refractivity contribution in [3.8, 4) is 0 Å². The molecule has 2 rings (SSSR count). The van der Waals surface area contributed by atoms with Crippen molar-refractivity contribution < 1.29 is 39.8 Å². The third-order valence-corrected chi connectivity index (χ3v) is 5.21. The van der Waals surface area contributed by atoms with Crippen molar-refractivity contribution in [3.63, 3.8) is 0 Å². The maximum absolute atomic E-state index is 11.8. The van der Waals surface area contributed by atoms with Gasteiger partial charge in [-0.1, -0.05) is 31.6 Å².